The number of nitrogens with zero attached hydrogens (tertiary/aromatic N) is 2. The van der Waals surface area contributed by atoms with Crippen LogP contribution in [0.1, 0.15) is 6.42 Å². The van der Waals surface area contributed by atoms with Crippen LogP contribution in [-0.2, 0) is 11.3 Å². The van der Waals surface area contributed by atoms with Crippen molar-refractivity contribution in [3.8, 4) is 5.75 Å². The van der Waals surface area contributed by atoms with Gasteiger partial charge in [-0.05, 0) is 42.5 Å². The molecular weight excluding hydrogens is 383 g/mol. The highest BCUT2D eigenvalue weighted by atomic mass is 32.2. The van der Waals surface area contributed by atoms with Crippen LogP contribution >= 0.6 is 23.1 Å². The molecule has 7 heteroatoms. The summed E-state index contributed by atoms with van der Waals surface area (Å²) in [6.45, 7) is 4.26. The van der Waals surface area contributed by atoms with Crippen molar-refractivity contribution in [3.05, 3.63) is 65.7 Å². The van der Waals surface area contributed by atoms with Crippen LogP contribution in [0.2, 0.25) is 0 Å². The van der Waals surface area contributed by atoms with Gasteiger partial charge in [0.2, 0.25) is 5.91 Å². The third-order valence-electron chi connectivity index (χ3n) is 3.82. The Morgan fingerprint density at radius 1 is 1.33 bits per heavy atom. The Balaban J connectivity index is 1.72. The number of methoxy groups -OCH3 is 1. The molecule has 27 heavy (non-hydrogen) atoms. The Hall–Kier alpha value is -2.38. The Labute approximate surface area is 165 Å². The number of fused-ring (bicyclic) bond motifs is 1. The van der Waals surface area contributed by atoms with Crippen LogP contribution < -0.4 is 9.54 Å². The van der Waals surface area contributed by atoms with E-state index in [-0.39, 0.29) is 11.7 Å². The number of benzene rings is 2. The molecule has 0 bridgehead atoms. The molecule has 1 heterocycles. The van der Waals surface area contributed by atoms with E-state index in [4.69, 9.17) is 4.74 Å². The smallest absolute Gasteiger partial charge is 0.249 e. The van der Waals surface area contributed by atoms with Gasteiger partial charge in [0.1, 0.15) is 11.6 Å². The zero-order valence-corrected chi connectivity index (χ0v) is 16.5. The average Bonchev–Trinajstić information content (AvgIpc) is 2.98. The summed E-state index contributed by atoms with van der Waals surface area (Å²) >= 11 is 2.90. The second-order valence-electron chi connectivity index (χ2n) is 5.68. The maximum absolute atomic E-state index is 13.5. The van der Waals surface area contributed by atoms with Crippen molar-refractivity contribution < 1.29 is 13.9 Å². The van der Waals surface area contributed by atoms with Crippen molar-refractivity contribution in [2.45, 2.75) is 17.9 Å². The van der Waals surface area contributed by atoms with E-state index >= 15 is 0 Å². The van der Waals surface area contributed by atoms with Crippen molar-refractivity contribution in [2.24, 2.45) is 4.99 Å². The molecule has 0 unspecified atom stereocenters. The first kappa shape index (κ1) is 19.4. The number of thioether (sulfide) groups is 1. The van der Waals surface area contributed by atoms with Crippen LogP contribution in [0, 0.1) is 5.82 Å². The molecule has 3 aromatic rings. The first-order chi connectivity index (χ1) is 13.1. The summed E-state index contributed by atoms with van der Waals surface area (Å²) in [5.74, 6) is 0.942. The normalized spacial score (nSPS) is 11.7. The fraction of sp³-hybridized carbons (Fsp3) is 0.200. The minimum atomic E-state index is -0.303. The Kier molecular flexibility index (Phi) is 6.47. The lowest BCUT2D eigenvalue weighted by atomic mass is 10.3. The molecule has 0 spiro atoms. The molecular formula is C20H19FN2O2S2. The first-order valence-electron chi connectivity index (χ1n) is 8.35. The van der Waals surface area contributed by atoms with Gasteiger partial charge in [0.15, 0.2) is 4.80 Å². The fourth-order valence-corrected chi connectivity index (χ4v) is 4.45. The number of amides is 1. The Morgan fingerprint density at radius 2 is 2.11 bits per heavy atom. The Morgan fingerprint density at radius 3 is 2.81 bits per heavy atom. The number of carbonyl (C=O) groups is 1. The van der Waals surface area contributed by atoms with Gasteiger partial charge in [-0.25, -0.2) is 4.39 Å². The number of aromatic nitrogens is 1. The van der Waals surface area contributed by atoms with Crippen LogP contribution in [0.5, 0.6) is 5.75 Å². The summed E-state index contributed by atoms with van der Waals surface area (Å²) in [7, 11) is 1.63. The first-order valence-corrected chi connectivity index (χ1v) is 10.1. The quantitative estimate of drug-likeness (QED) is 0.427. The van der Waals surface area contributed by atoms with Crippen LogP contribution in [0.3, 0.4) is 0 Å². The SMILES string of the molecule is C=CCn1c(=NC(=O)CCSc2ccc(OC)cc2)sc2cc(F)ccc21. The number of hydrogen-bond donors (Lipinski definition) is 0. The standard InChI is InChI=1S/C20H19FN2O2S2/c1-3-11-23-17-9-4-14(21)13-18(17)27-20(23)22-19(24)10-12-26-16-7-5-15(25-2)6-8-16/h3-9,13H,1,10-12H2,2H3. The highest BCUT2D eigenvalue weighted by molar-refractivity contribution is 7.99. The fourth-order valence-electron chi connectivity index (χ4n) is 2.53. The lowest BCUT2D eigenvalue weighted by Gasteiger charge is -2.02. The van der Waals surface area contributed by atoms with E-state index in [1.54, 1.807) is 31.0 Å². The third kappa shape index (κ3) is 4.87. The zero-order chi connectivity index (χ0) is 19.2. The summed E-state index contributed by atoms with van der Waals surface area (Å²) in [5.41, 5.74) is 0.848. The second kappa shape index (κ2) is 9.01. The molecule has 1 amide bonds. The van der Waals surface area contributed by atoms with E-state index in [1.165, 1.54) is 23.5 Å². The summed E-state index contributed by atoms with van der Waals surface area (Å²) in [6.07, 6.45) is 2.06. The van der Waals surface area contributed by atoms with Crippen molar-refractivity contribution in [3.63, 3.8) is 0 Å². The second-order valence-corrected chi connectivity index (χ2v) is 7.85. The van der Waals surface area contributed by atoms with E-state index in [0.29, 0.717) is 23.5 Å². The molecule has 0 aliphatic heterocycles. The van der Waals surface area contributed by atoms with Crippen LogP contribution in [-0.4, -0.2) is 23.3 Å². The molecule has 1 aromatic heterocycles. The van der Waals surface area contributed by atoms with Gasteiger partial charge in [-0.15, -0.1) is 18.3 Å². The average molecular weight is 403 g/mol. The van der Waals surface area contributed by atoms with Crippen molar-refractivity contribution in [2.75, 3.05) is 12.9 Å². The molecule has 0 radical (unpaired) electrons. The number of halogens is 1. The van der Waals surface area contributed by atoms with Crippen LogP contribution in [0.25, 0.3) is 10.2 Å². The molecule has 0 saturated heterocycles. The van der Waals surface area contributed by atoms with Gasteiger partial charge < -0.3 is 9.30 Å². The van der Waals surface area contributed by atoms with E-state index in [1.807, 2.05) is 28.8 Å². The van der Waals surface area contributed by atoms with E-state index in [9.17, 15) is 9.18 Å². The predicted octanol–water partition coefficient (Wildman–Crippen LogP) is 4.65. The molecule has 2 aromatic carbocycles. The van der Waals surface area contributed by atoms with Gasteiger partial charge in [-0.2, -0.15) is 4.99 Å². The molecule has 0 N–H and O–H groups in total. The van der Waals surface area contributed by atoms with E-state index in [2.05, 4.69) is 11.6 Å². The largest absolute Gasteiger partial charge is 0.497 e. The number of rotatable bonds is 7. The third-order valence-corrected chi connectivity index (χ3v) is 5.88. The van der Waals surface area contributed by atoms with Gasteiger partial charge in [-0.3, -0.25) is 4.79 Å². The lowest BCUT2D eigenvalue weighted by Crippen LogP contribution is -2.16. The molecule has 0 atom stereocenters. The summed E-state index contributed by atoms with van der Waals surface area (Å²) < 4.78 is 21.2. The number of ether oxygens (including phenoxy) is 1. The highest BCUT2D eigenvalue weighted by Crippen LogP contribution is 2.22. The highest BCUT2D eigenvalue weighted by Gasteiger charge is 2.08. The maximum Gasteiger partial charge on any atom is 0.249 e. The van der Waals surface area contributed by atoms with Gasteiger partial charge >= 0.3 is 0 Å². The topological polar surface area (TPSA) is 43.6 Å². The monoisotopic (exact) mass is 402 g/mol. The summed E-state index contributed by atoms with van der Waals surface area (Å²) in [5, 5.41) is 0. The number of thiazole rings is 1. The van der Waals surface area contributed by atoms with Crippen LogP contribution in [0.4, 0.5) is 4.39 Å². The maximum atomic E-state index is 13.5. The molecule has 0 saturated carbocycles. The predicted molar refractivity (Wildman–Crippen MR) is 109 cm³/mol. The molecule has 4 nitrogen and oxygen atoms in total. The van der Waals surface area contributed by atoms with Crippen molar-refractivity contribution in [1.82, 2.24) is 4.57 Å². The number of allylic oxidation sites excluding steroid dienone is 1. The molecule has 3 rings (SSSR count). The summed E-state index contributed by atoms with van der Waals surface area (Å²) in [6, 6.07) is 12.3. The van der Waals surface area contributed by atoms with E-state index < -0.39 is 0 Å². The van der Waals surface area contributed by atoms with Gasteiger partial charge in [-0.1, -0.05) is 17.4 Å². The van der Waals surface area contributed by atoms with E-state index in [0.717, 1.165) is 20.9 Å². The molecule has 0 aliphatic carbocycles. The lowest BCUT2D eigenvalue weighted by molar-refractivity contribution is -0.117. The van der Waals surface area contributed by atoms with Gasteiger partial charge in [0, 0.05) is 23.6 Å². The van der Waals surface area contributed by atoms with Gasteiger partial charge in [0.05, 0.1) is 17.3 Å². The number of carbonyl (C=O) groups excluding carboxylic acids is 1. The molecule has 0 fully saturated rings. The van der Waals surface area contributed by atoms with Crippen molar-refractivity contribution >= 4 is 39.2 Å². The summed E-state index contributed by atoms with van der Waals surface area (Å²) in [4.78, 5) is 18.2. The molecule has 0 aliphatic rings. The van der Waals surface area contributed by atoms with Gasteiger partial charge in [0.25, 0.3) is 0 Å². The zero-order valence-electron chi connectivity index (χ0n) is 14.9. The van der Waals surface area contributed by atoms with Crippen LogP contribution in [0.15, 0.2) is 65.0 Å². The minimum Gasteiger partial charge on any atom is -0.497 e. The van der Waals surface area contributed by atoms with Crippen molar-refractivity contribution in [1.29, 1.82) is 0 Å². The Bertz CT molecular complexity index is 1020. The molecule has 140 valence electrons. The minimum absolute atomic E-state index is 0.194. The number of hydrogen-bond acceptors (Lipinski definition) is 4.